The highest BCUT2D eigenvalue weighted by molar-refractivity contribution is 7.79. The van der Waals surface area contributed by atoms with Gasteiger partial charge in [-0.25, -0.2) is 0 Å². The molecule has 2 saturated carbocycles. The smallest absolute Gasteiger partial charge is 0.196 e. The number of piperidine rings is 3. The second-order valence-corrected chi connectivity index (χ2v) is 29.0. The zero-order valence-electron chi connectivity index (χ0n) is 51.8. The van der Waals surface area contributed by atoms with Crippen LogP contribution in [0.2, 0.25) is 0 Å². The van der Waals surface area contributed by atoms with Crippen molar-refractivity contribution in [2.75, 3.05) is 40.3 Å². The Kier molecular flexibility index (Phi) is 13.7. The predicted molar refractivity (Wildman–Crippen MR) is 328 cm³/mol. The van der Waals surface area contributed by atoms with Crippen LogP contribution in [0.5, 0.6) is 46.0 Å². The summed E-state index contributed by atoms with van der Waals surface area (Å²) in [6, 6.07) is 14.4. The molecular weight excluding hydrogens is 1240 g/mol. The van der Waals surface area contributed by atoms with E-state index in [1.54, 1.807) is 36.4 Å². The van der Waals surface area contributed by atoms with Gasteiger partial charge >= 0.3 is 0 Å². The molecule has 20 rings (SSSR count). The van der Waals surface area contributed by atoms with E-state index in [4.69, 9.17) is 36.5 Å². The van der Waals surface area contributed by atoms with Crippen molar-refractivity contribution < 1.29 is 103 Å². The third-order valence-electron chi connectivity index (χ3n) is 24.6. The second-order valence-electron chi connectivity index (χ2n) is 28.2. The number of phenolic OH excluding ortho intramolecular Hbond substituents is 4. The van der Waals surface area contributed by atoms with Crippen LogP contribution in [0.15, 0.2) is 96.1 Å². The van der Waals surface area contributed by atoms with Crippen molar-refractivity contribution in [2.24, 2.45) is 5.92 Å². The number of benzene rings is 4. The fourth-order valence-electron chi connectivity index (χ4n) is 20.8. The number of aromatic hydroxyl groups is 4. The van der Waals surface area contributed by atoms with Gasteiger partial charge in [0.05, 0.1) is 40.4 Å². The molecule has 496 valence electrons. The van der Waals surface area contributed by atoms with Crippen molar-refractivity contribution in [1.82, 2.24) is 15.1 Å². The number of likely N-dealkylation sites (N-methyl/N-ethyl adjacent to an activating group) is 2. The van der Waals surface area contributed by atoms with Gasteiger partial charge in [-0.1, -0.05) is 36.4 Å². The lowest BCUT2D eigenvalue weighted by Gasteiger charge is -2.63. The summed E-state index contributed by atoms with van der Waals surface area (Å²) in [5.74, 6) is 1.54. The highest BCUT2D eigenvalue weighted by Crippen LogP contribution is 2.68. The number of hydrogen-bond acceptors (Lipinski definition) is 23. The molecule has 0 amide bonds. The third-order valence-corrected chi connectivity index (χ3v) is 24.6. The van der Waals surface area contributed by atoms with E-state index in [0.29, 0.717) is 74.1 Å². The quantitative estimate of drug-likeness (QED) is 0.0696. The molecule has 24 nitrogen and oxygen atoms in total. The number of carbonyl (C=O) groups excluding carboxylic acids is 3. The van der Waals surface area contributed by atoms with Crippen LogP contribution >= 0.6 is 0 Å². The van der Waals surface area contributed by atoms with Crippen molar-refractivity contribution >= 4 is 27.7 Å². The molecular formula is C69H74N4O20S. The van der Waals surface area contributed by atoms with Gasteiger partial charge < -0.3 is 90.0 Å². The SMILES string of the molecule is CN1CC[C@@]23C4=CC=C(CO)[C@@H]2Oc2c(O)ccc(c23)C[C@H]41.CN1CC[C@]23c4c5ccc(O)c4O[C@H]2C(=O)CC(O)[C@@]3(O)[C@H]1C5.O=C1C=C[C@@]2(O)[C@H]3Cc4ccc(O)c5c4[C@@]2(CCN3)[C@H]1O5.O=S(=O)([O-])[O-].[CH3+].[NH3+]C1CC[C@]23c4c5ccc(O)c4O[C@H]2C(=O)C=C[C@@]3(O)[C@H]1C5. The van der Waals surface area contributed by atoms with Gasteiger partial charge in [0.2, 0.25) is 0 Å². The monoisotopic (exact) mass is 1310 g/mol. The molecule has 5 fully saturated rings. The molecule has 94 heavy (non-hydrogen) atoms. The number of nitrogens with one attached hydrogen (secondary N) is 1. The molecule has 8 bridgehead atoms. The number of allylic oxidation sites excluding steroid dienone is 2. The van der Waals surface area contributed by atoms with Crippen molar-refractivity contribution in [2.45, 2.75) is 157 Å². The minimum absolute atomic E-state index is 0. The number of rotatable bonds is 1. The van der Waals surface area contributed by atoms with Crippen LogP contribution in [0.1, 0.15) is 83.0 Å². The average Bonchev–Trinajstić information content (AvgIpc) is 1.44. The number of nitrogens with zero attached hydrogens (tertiary/aromatic N) is 2. The summed E-state index contributed by atoms with van der Waals surface area (Å²) in [5, 5.41) is 99.1. The number of ether oxygens (including phenoxy) is 4. The van der Waals surface area contributed by atoms with Gasteiger partial charge in [0, 0.05) is 77.0 Å². The molecule has 4 aromatic carbocycles. The number of aliphatic hydroxyl groups excluding tert-OH is 2. The number of Topliss-reactive ketones (excluding diaryl/α,β-unsaturated/α-hetero) is 1. The fourth-order valence-corrected chi connectivity index (χ4v) is 20.8. The van der Waals surface area contributed by atoms with Crippen LogP contribution in [0, 0.1) is 13.3 Å². The number of phenols is 4. The Morgan fingerprint density at radius 3 is 1.71 bits per heavy atom. The van der Waals surface area contributed by atoms with Crippen molar-refractivity contribution in [3.63, 3.8) is 0 Å². The molecule has 9 aliphatic carbocycles. The molecule has 17 atom stereocenters. The van der Waals surface area contributed by atoms with Crippen molar-refractivity contribution in [1.29, 1.82) is 0 Å². The Bertz CT molecular complexity index is 4260. The number of hydrogen-bond donors (Lipinski definition) is 11. The summed E-state index contributed by atoms with van der Waals surface area (Å²) in [4.78, 5) is 41.8. The van der Waals surface area contributed by atoms with Crippen LogP contribution in [0.3, 0.4) is 0 Å². The number of likely N-dealkylation sites (tertiary alicyclic amines) is 2. The van der Waals surface area contributed by atoms with E-state index in [0.717, 1.165) is 71.3 Å². The molecule has 25 heteroatoms. The van der Waals surface area contributed by atoms with Gasteiger partial charge in [-0.15, -0.1) is 0 Å². The van der Waals surface area contributed by atoms with E-state index in [1.165, 1.54) is 28.9 Å². The Labute approximate surface area is 540 Å². The van der Waals surface area contributed by atoms with E-state index >= 15 is 0 Å². The first-order valence-corrected chi connectivity index (χ1v) is 33.1. The van der Waals surface area contributed by atoms with Gasteiger partial charge in [-0.2, -0.15) is 0 Å². The zero-order chi connectivity index (χ0) is 65.4. The largest absolute Gasteiger partial charge is 0.759 e. The summed E-state index contributed by atoms with van der Waals surface area (Å²) in [5.41, 5.74) is 8.14. The maximum atomic E-state index is 12.6. The highest BCUT2D eigenvalue weighted by Gasteiger charge is 2.77. The summed E-state index contributed by atoms with van der Waals surface area (Å²) in [6.45, 7) is 2.44. The average molecular weight is 1310 g/mol. The molecule has 16 aliphatic rings. The topological polar surface area (TPSA) is 397 Å². The van der Waals surface area contributed by atoms with Gasteiger partial charge in [0.1, 0.15) is 22.9 Å². The van der Waals surface area contributed by atoms with E-state index < -0.39 is 67.9 Å². The number of carbonyl (C=O) groups is 3. The first-order chi connectivity index (χ1) is 44.1. The highest BCUT2D eigenvalue weighted by atomic mass is 32.3. The molecule has 4 aromatic rings. The maximum absolute atomic E-state index is 12.6. The van der Waals surface area contributed by atoms with Gasteiger partial charge in [0.25, 0.3) is 0 Å². The van der Waals surface area contributed by atoms with Gasteiger partial charge in [-0.05, 0) is 167 Å². The summed E-state index contributed by atoms with van der Waals surface area (Å²) < 4.78 is 57.9. The molecule has 7 aliphatic heterocycles. The lowest BCUT2D eigenvalue weighted by Crippen LogP contribution is -2.80. The number of quaternary nitrogens is 1. The lowest BCUT2D eigenvalue weighted by molar-refractivity contribution is -0.452. The van der Waals surface area contributed by atoms with Gasteiger partial charge in [0.15, 0.2) is 81.7 Å². The van der Waals surface area contributed by atoms with Crippen LogP contribution in [0.25, 0.3) is 0 Å². The maximum Gasteiger partial charge on any atom is 0.196 e. The number of aliphatic hydroxyl groups is 5. The van der Waals surface area contributed by atoms with E-state index in [2.05, 4.69) is 34.0 Å². The van der Waals surface area contributed by atoms with E-state index in [-0.39, 0.29) is 96.4 Å². The van der Waals surface area contributed by atoms with E-state index in [9.17, 15) is 60.3 Å². The second kappa shape index (κ2) is 20.6. The van der Waals surface area contributed by atoms with Crippen LogP contribution < -0.4 is 30.0 Å². The first-order valence-electron chi connectivity index (χ1n) is 31.7. The Balaban J connectivity index is 0.000000101. The first kappa shape index (κ1) is 62.7. The zero-order valence-corrected chi connectivity index (χ0v) is 52.6. The molecule has 13 N–H and O–H groups in total. The van der Waals surface area contributed by atoms with Crippen molar-refractivity contribution in [3.05, 3.63) is 148 Å². The molecule has 2 unspecified atom stereocenters. The van der Waals surface area contributed by atoms with E-state index in [1.807, 2.05) is 37.4 Å². The standard InChI is InChI=1S/C18H19NO3.C17H19NO5.C17H17NO4.C16H15NO4.CH3.H2O4S/c1-19-7-6-18-12-4-2-11(9-20)17(18)22-16-14(21)5-3-10(15(16)18)8-13(12)19;1-18-5-4-16-13-8-2-3-9(19)14(13)23-15(16)10(20)7-12(21)17(16,22)11(18)6-8;18-10-3-5-16-13-8-1-2-11(19)14(13)22-15(16)12(20)4-6-17(16,21)9(10)7-8;18-9-2-1-8-7-11-16(20)4-3-10(19)14-15(16,5-6-17-11)12(8)13(9)21-14;;1-5(2,3)4/h2-5,13,17,20-21H,6-9H2,1H3;2-3,11-12,15,19,21-22H,4-7H2,1H3;1-2,4,6,9-10,15,19,21H,3,5,7,18H2;1-4,11,14,17-18,20H,5-7H2;1H3;(H2,1,2,3,4)/q;;;;+1;/p-1/t13-,17+,18+;11-,12?,15+,16+,17+;9-,10?,15-,16-,17+;11-,14+,15+,16-;;/m1101../s1. The fraction of sp³-hybridized carbons (Fsp3) is 0.478. The molecule has 0 radical (unpaired) electrons. The number of ketones is 3. The van der Waals surface area contributed by atoms with Crippen LogP contribution in [-0.4, -0.2) is 202 Å². The summed E-state index contributed by atoms with van der Waals surface area (Å²) in [6.07, 6.45) is 13.2. The minimum Gasteiger partial charge on any atom is -0.759 e. The Morgan fingerprint density at radius 1 is 0.617 bits per heavy atom. The van der Waals surface area contributed by atoms with Crippen LogP contribution in [-0.2, 0) is 72.1 Å². The van der Waals surface area contributed by atoms with Gasteiger partial charge in [-0.3, -0.25) is 27.7 Å². The lowest BCUT2D eigenvalue weighted by atomic mass is 9.46. The molecule has 3 saturated heterocycles. The third kappa shape index (κ3) is 7.68. The minimum atomic E-state index is -5.17. The molecule has 4 spiro atoms. The van der Waals surface area contributed by atoms with Crippen LogP contribution in [0.4, 0.5) is 0 Å². The summed E-state index contributed by atoms with van der Waals surface area (Å²) >= 11 is 0. The molecule has 7 heterocycles. The predicted octanol–water partition coefficient (Wildman–Crippen LogP) is 0.355. The normalized spacial score (nSPS) is 39.0. The molecule has 0 aromatic heterocycles. The summed E-state index contributed by atoms with van der Waals surface area (Å²) in [7, 11) is -1.05. The van der Waals surface area contributed by atoms with Crippen molar-refractivity contribution in [3.8, 4) is 46.0 Å². The Hall–Kier alpha value is -7.37. The Morgan fingerprint density at radius 2 is 1.12 bits per heavy atom.